The van der Waals surface area contributed by atoms with Crippen LogP contribution in [-0.2, 0) is 6.42 Å². The van der Waals surface area contributed by atoms with E-state index in [4.69, 9.17) is 0 Å². The van der Waals surface area contributed by atoms with Gasteiger partial charge >= 0.3 is 0 Å². The first-order valence-electron chi connectivity index (χ1n) is 7.01. The normalized spacial score (nSPS) is 11.3. The topological polar surface area (TPSA) is 0 Å². The molecule has 0 atom stereocenters. The number of hydrogen-bond acceptors (Lipinski definition) is 0. The minimum Gasteiger partial charge on any atom is -0.0654 e. The first-order valence-corrected chi connectivity index (χ1v) is 8.60. The maximum atomic E-state index is 3.84. The van der Waals surface area contributed by atoms with Crippen LogP contribution in [0.2, 0.25) is 0 Å². The van der Waals surface area contributed by atoms with Gasteiger partial charge in [-0.1, -0.05) is 55.8 Å². The zero-order valence-electron chi connectivity index (χ0n) is 11.4. The second kappa shape index (κ2) is 5.87. The molecule has 0 aromatic heterocycles. The van der Waals surface area contributed by atoms with Crippen molar-refractivity contribution in [2.45, 2.75) is 26.2 Å². The Hall–Kier alpha value is -0.860. The van der Waals surface area contributed by atoms with Crippen molar-refractivity contribution >= 4 is 53.4 Å². The van der Waals surface area contributed by atoms with E-state index in [-0.39, 0.29) is 0 Å². The number of rotatable bonds is 3. The van der Waals surface area contributed by atoms with E-state index in [1.54, 1.807) is 0 Å². The maximum Gasteiger partial charge on any atom is 0.0335 e. The van der Waals surface area contributed by atoms with Crippen molar-refractivity contribution in [1.82, 2.24) is 0 Å². The minimum absolute atomic E-state index is 1.14. The summed E-state index contributed by atoms with van der Waals surface area (Å²) in [5, 5.41) is 5.19. The lowest BCUT2D eigenvalue weighted by Crippen LogP contribution is -1.90. The highest BCUT2D eigenvalue weighted by Crippen LogP contribution is 2.40. The Kier molecular flexibility index (Phi) is 4.13. The zero-order valence-corrected chi connectivity index (χ0v) is 14.6. The highest BCUT2D eigenvalue weighted by atomic mass is 79.9. The highest BCUT2D eigenvalue weighted by Gasteiger charge is 2.12. The molecule has 0 N–H and O–H groups in total. The van der Waals surface area contributed by atoms with Gasteiger partial charge in [0.15, 0.2) is 0 Å². The first-order chi connectivity index (χ1) is 9.74. The van der Waals surface area contributed by atoms with Crippen molar-refractivity contribution in [3.05, 3.63) is 57.0 Å². The highest BCUT2D eigenvalue weighted by molar-refractivity contribution is 9.11. The van der Waals surface area contributed by atoms with Crippen LogP contribution in [0.15, 0.2) is 51.4 Å². The number of benzene rings is 3. The van der Waals surface area contributed by atoms with Gasteiger partial charge in [0.25, 0.3) is 0 Å². The molecule has 0 fully saturated rings. The Balaban J connectivity index is 2.40. The molecule has 3 aromatic rings. The number of hydrogen-bond donors (Lipinski definition) is 0. The summed E-state index contributed by atoms with van der Waals surface area (Å²) >= 11 is 7.64. The van der Waals surface area contributed by atoms with Crippen LogP contribution in [0.25, 0.3) is 21.5 Å². The summed E-state index contributed by atoms with van der Waals surface area (Å²) in [6, 6.07) is 15.2. The summed E-state index contributed by atoms with van der Waals surface area (Å²) in [6.07, 6.45) is 3.59. The lowest BCUT2D eigenvalue weighted by atomic mass is 9.97. The average molecular weight is 392 g/mol. The van der Waals surface area contributed by atoms with E-state index in [0.29, 0.717) is 0 Å². The van der Waals surface area contributed by atoms with Gasteiger partial charge in [0.1, 0.15) is 0 Å². The number of aryl methyl sites for hydroxylation is 1. The monoisotopic (exact) mass is 390 g/mol. The molecule has 0 aliphatic heterocycles. The summed E-state index contributed by atoms with van der Waals surface area (Å²) in [5.74, 6) is 0. The molecule has 102 valence electrons. The second-order valence-corrected chi connectivity index (χ2v) is 6.70. The standard InChI is InChI=1S/C18H16Br2/c1-2-3-7-12-8-6-11-15-16(12)18(20)14-10-5-4-9-13(14)17(15)19/h4-6,8-11H,2-3,7H2,1H3. The molecule has 3 aromatic carbocycles. The van der Waals surface area contributed by atoms with Crippen molar-refractivity contribution in [1.29, 1.82) is 0 Å². The van der Waals surface area contributed by atoms with Gasteiger partial charge in [-0.15, -0.1) is 0 Å². The summed E-state index contributed by atoms with van der Waals surface area (Å²) in [6.45, 7) is 2.24. The molecule has 0 amide bonds. The van der Waals surface area contributed by atoms with E-state index in [0.717, 1.165) is 6.42 Å². The van der Waals surface area contributed by atoms with Crippen molar-refractivity contribution in [2.24, 2.45) is 0 Å². The number of unbranched alkanes of at least 4 members (excludes halogenated alkanes) is 1. The third-order valence-electron chi connectivity index (χ3n) is 3.81. The smallest absolute Gasteiger partial charge is 0.0335 e. The van der Waals surface area contributed by atoms with Gasteiger partial charge in [0.2, 0.25) is 0 Å². The Bertz CT molecular complexity index is 775. The van der Waals surface area contributed by atoms with Gasteiger partial charge in [-0.25, -0.2) is 0 Å². The fraction of sp³-hybridized carbons (Fsp3) is 0.222. The van der Waals surface area contributed by atoms with Crippen LogP contribution < -0.4 is 0 Å². The van der Waals surface area contributed by atoms with Gasteiger partial charge in [0.05, 0.1) is 0 Å². The molecule has 0 spiro atoms. The van der Waals surface area contributed by atoms with Crippen LogP contribution >= 0.6 is 31.9 Å². The lowest BCUT2D eigenvalue weighted by Gasteiger charge is -2.13. The van der Waals surface area contributed by atoms with Crippen LogP contribution in [0.3, 0.4) is 0 Å². The third-order valence-corrected chi connectivity index (χ3v) is 5.48. The molecule has 0 nitrogen and oxygen atoms in total. The van der Waals surface area contributed by atoms with Crippen LogP contribution in [-0.4, -0.2) is 0 Å². The Morgan fingerprint density at radius 1 is 0.800 bits per heavy atom. The molecule has 0 heterocycles. The van der Waals surface area contributed by atoms with E-state index in [1.165, 1.54) is 48.9 Å². The second-order valence-electron chi connectivity index (χ2n) is 5.12. The van der Waals surface area contributed by atoms with Crippen LogP contribution in [0, 0.1) is 0 Å². The van der Waals surface area contributed by atoms with Crippen LogP contribution in [0.5, 0.6) is 0 Å². The van der Waals surface area contributed by atoms with Crippen molar-refractivity contribution < 1.29 is 0 Å². The van der Waals surface area contributed by atoms with Crippen LogP contribution in [0.1, 0.15) is 25.3 Å². The fourth-order valence-corrected chi connectivity index (χ4v) is 4.25. The van der Waals surface area contributed by atoms with Gasteiger partial charge in [0, 0.05) is 14.3 Å². The molecule has 0 bridgehead atoms. The quantitative estimate of drug-likeness (QED) is 0.427. The van der Waals surface area contributed by atoms with Gasteiger partial charge in [-0.05, 0) is 66.4 Å². The van der Waals surface area contributed by atoms with E-state index in [2.05, 4.69) is 81.2 Å². The van der Waals surface area contributed by atoms with Crippen LogP contribution in [0.4, 0.5) is 0 Å². The molecule has 0 aliphatic carbocycles. The molecule has 0 saturated heterocycles. The summed E-state index contributed by atoms with van der Waals surface area (Å²) < 4.78 is 2.42. The molecule has 2 heteroatoms. The minimum atomic E-state index is 1.14. The maximum absolute atomic E-state index is 3.84. The Labute approximate surface area is 136 Å². The Morgan fingerprint density at radius 2 is 1.45 bits per heavy atom. The molecule has 0 aliphatic rings. The van der Waals surface area contributed by atoms with E-state index < -0.39 is 0 Å². The number of fused-ring (bicyclic) bond motifs is 2. The summed E-state index contributed by atoms with van der Waals surface area (Å²) in [7, 11) is 0. The van der Waals surface area contributed by atoms with E-state index in [1.807, 2.05) is 0 Å². The fourth-order valence-electron chi connectivity index (χ4n) is 2.76. The summed E-state index contributed by atoms with van der Waals surface area (Å²) in [4.78, 5) is 0. The third kappa shape index (κ3) is 2.29. The zero-order chi connectivity index (χ0) is 14.1. The van der Waals surface area contributed by atoms with Gasteiger partial charge in [-0.2, -0.15) is 0 Å². The predicted octanol–water partition coefficient (Wildman–Crippen LogP) is 6.86. The Morgan fingerprint density at radius 3 is 2.15 bits per heavy atom. The lowest BCUT2D eigenvalue weighted by molar-refractivity contribution is 0.799. The van der Waals surface area contributed by atoms with Gasteiger partial charge in [-0.3, -0.25) is 0 Å². The average Bonchev–Trinajstić information content (AvgIpc) is 2.50. The predicted molar refractivity (Wildman–Crippen MR) is 95.5 cm³/mol. The first kappa shape index (κ1) is 14.1. The largest absolute Gasteiger partial charge is 0.0654 e. The van der Waals surface area contributed by atoms with E-state index in [9.17, 15) is 0 Å². The van der Waals surface area contributed by atoms with Crippen molar-refractivity contribution in [2.75, 3.05) is 0 Å². The van der Waals surface area contributed by atoms with Gasteiger partial charge < -0.3 is 0 Å². The van der Waals surface area contributed by atoms with Crippen molar-refractivity contribution in [3.63, 3.8) is 0 Å². The molecule has 0 radical (unpaired) electrons. The molecule has 0 saturated carbocycles. The van der Waals surface area contributed by atoms with Crippen molar-refractivity contribution in [3.8, 4) is 0 Å². The SMILES string of the molecule is CCCCc1cccc2c(Br)c3ccccc3c(Br)c12. The molecular formula is C18H16Br2. The number of halogens is 2. The molecule has 0 unspecified atom stereocenters. The molecule has 20 heavy (non-hydrogen) atoms. The summed E-state index contributed by atoms with van der Waals surface area (Å²) in [5.41, 5.74) is 1.43. The molecule has 3 rings (SSSR count). The molecular weight excluding hydrogens is 376 g/mol. The van der Waals surface area contributed by atoms with E-state index >= 15 is 0 Å².